The van der Waals surface area contributed by atoms with Gasteiger partial charge in [-0.15, -0.1) is 0 Å². The van der Waals surface area contributed by atoms with Gasteiger partial charge in [-0.25, -0.2) is 0 Å². The van der Waals surface area contributed by atoms with Crippen LogP contribution in [0.2, 0.25) is 0 Å². The number of hydrogen-bond donors (Lipinski definition) is 0. The van der Waals surface area contributed by atoms with Crippen molar-refractivity contribution in [2.75, 3.05) is 39.8 Å². The summed E-state index contributed by atoms with van der Waals surface area (Å²) in [7, 11) is 1.62. The summed E-state index contributed by atoms with van der Waals surface area (Å²) in [6, 6.07) is 7.69. The van der Waals surface area contributed by atoms with Crippen LogP contribution in [0.5, 0.6) is 5.75 Å². The molecule has 1 aromatic carbocycles. The third-order valence-corrected chi connectivity index (χ3v) is 7.50. The summed E-state index contributed by atoms with van der Waals surface area (Å²) < 4.78 is 5.27. The lowest BCUT2D eigenvalue weighted by atomic mass is 9.92. The maximum absolute atomic E-state index is 13.7. The van der Waals surface area contributed by atoms with Crippen LogP contribution in [0.3, 0.4) is 0 Å². The lowest BCUT2D eigenvalue weighted by Crippen LogP contribution is -2.60. The molecule has 0 spiro atoms. The van der Waals surface area contributed by atoms with Gasteiger partial charge in [-0.1, -0.05) is 18.9 Å². The van der Waals surface area contributed by atoms with Crippen molar-refractivity contribution in [1.29, 1.82) is 0 Å². The third-order valence-electron chi connectivity index (χ3n) is 7.50. The predicted molar refractivity (Wildman–Crippen MR) is 121 cm³/mol. The molecule has 1 saturated carbocycles. The molecule has 0 unspecified atom stereocenters. The minimum absolute atomic E-state index is 0.0166. The summed E-state index contributed by atoms with van der Waals surface area (Å²) in [5.74, 6) is 1.55. The Hall–Kier alpha value is -2.08. The average molecular weight is 428 g/mol. The highest BCUT2D eigenvalue weighted by Crippen LogP contribution is 2.33. The van der Waals surface area contributed by atoms with Crippen molar-refractivity contribution in [3.63, 3.8) is 0 Å². The number of piperazine rings is 1. The van der Waals surface area contributed by atoms with Gasteiger partial charge in [0, 0.05) is 44.3 Å². The molecule has 3 fully saturated rings. The van der Waals surface area contributed by atoms with Crippen molar-refractivity contribution in [2.45, 2.75) is 64.0 Å². The molecule has 170 valence electrons. The van der Waals surface area contributed by atoms with E-state index in [1.54, 1.807) is 13.2 Å². The normalized spacial score (nSPS) is 24.3. The van der Waals surface area contributed by atoms with Crippen LogP contribution in [0.25, 0.3) is 0 Å². The second-order valence-electron chi connectivity index (χ2n) is 9.43. The highest BCUT2D eigenvalue weighted by Gasteiger charge is 2.40. The number of carbonyl (C=O) groups is 2. The van der Waals surface area contributed by atoms with Crippen LogP contribution in [0.1, 0.15) is 62.2 Å². The lowest BCUT2D eigenvalue weighted by Gasteiger charge is -2.44. The van der Waals surface area contributed by atoms with Gasteiger partial charge >= 0.3 is 0 Å². The maximum Gasteiger partial charge on any atom is 0.254 e. The molecule has 2 atom stereocenters. The van der Waals surface area contributed by atoms with Gasteiger partial charge in [0.05, 0.1) is 13.2 Å². The van der Waals surface area contributed by atoms with Crippen molar-refractivity contribution in [1.82, 2.24) is 14.7 Å². The molecule has 4 rings (SSSR count). The molecule has 2 aliphatic heterocycles. The van der Waals surface area contributed by atoms with Gasteiger partial charge in [-0.2, -0.15) is 0 Å². The SMILES string of the molecule is COc1cccc(C(=O)N2CCN([C@H](C(=O)N3CCCC[C@@H]3C)C3CCCC3)CC2)c1. The van der Waals surface area contributed by atoms with E-state index >= 15 is 0 Å². The summed E-state index contributed by atoms with van der Waals surface area (Å²) >= 11 is 0. The van der Waals surface area contributed by atoms with Gasteiger partial charge in [-0.3, -0.25) is 14.5 Å². The summed E-state index contributed by atoms with van der Waals surface area (Å²) in [5.41, 5.74) is 0.665. The van der Waals surface area contributed by atoms with E-state index < -0.39 is 0 Å². The first-order valence-corrected chi connectivity index (χ1v) is 12.1. The molecule has 31 heavy (non-hydrogen) atoms. The average Bonchev–Trinajstić information content (AvgIpc) is 3.34. The Morgan fingerprint density at radius 2 is 1.68 bits per heavy atom. The fraction of sp³-hybridized carbons (Fsp3) is 0.680. The number of likely N-dealkylation sites (tertiary alicyclic amines) is 1. The predicted octanol–water partition coefficient (Wildman–Crippen LogP) is 3.41. The molecule has 1 aromatic rings. The second-order valence-corrected chi connectivity index (χ2v) is 9.43. The van der Waals surface area contributed by atoms with Crippen molar-refractivity contribution < 1.29 is 14.3 Å². The lowest BCUT2D eigenvalue weighted by molar-refractivity contribution is -0.143. The molecule has 0 radical (unpaired) electrons. The monoisotopic (exact) mass is 427 g/mol. The molecule has 2 saturated heterocycles. The number of methoxy groups -OCH3 is 1. The molecule has 1 aliphatic carbocycles. The molecule has 6 heteroatoms. The van der Waals surface area contributed by atoms with Gasteiger partial charge in [0.25, 0.3) is 5.91 Å². The first-order chi connectivity index (χ1) is 15.1. The first kappa shape index (κ1) is 22.1. The minimum Gasteiger partial charge on any atom is -0.497 e. The molecule has 2 heterocycles. The molecule has 0 bridgehead atoms. The van der Waals surface area contributed by atoms with E-state index in [-0.39, 0.29) is 11.9 Å². The Morgan fingerprint density at radius 3 is 2.35 bits per heavy atom. The maximum atomic E-state index is 13.7. The smallest absolute Gasteiger partial charge is 0.254 e. The number of piperidine rings is 1. The zero-order chi connectivity index (χ0) is 21.8. The summed E-state index contributed by atoms with van der Waals surface area (Å²) in [4.78, 5) is 33.2. The largest absolute Gasteiger partial charge is 0.497 e. The van der Waals surface area contributed by atoms with Gasteiger partial charge in [0.2, 0.25) is 5.91 Å². The number of ether oxygens (including phenoxy) is 1. The molecular weight excluding hydrogens is 390 g/mol. The van der Waals surface area contributed by atoms with Gasteiger partial charge in [-0.05, 0) is 63.1 Å². The van der Waals surface area contributed by atoms with Crippen LogP contribution in [0.15, 0.2) is 24.3 Å². The highest BCUT2D eigenvalue weighted by molar-refractivity contribution is 5.94. The zero-order valence-electron chi connectivity index (χ0n) is 19.1. The Bertz CT molecular complexity index is 769. The van der Waals surface area contributed by atoms with Crippen LogP contribution in [0, 0.1) is 5.92 Å². The number of amides is 2. The van der Waals surface area contributed by atoms with Gasteiger partial charge in [0.15, 0.2) is 0 Å². The van der Waals surface area contributed by atoms with Crippen LogP contribution < -0.4 is 4.74 Å². The fourth-order valence-electron chi connectivity index (χ4n) is 5.67. The quantitative estimate of drug-likeness (QED) is 0.723. The van der Waals surface area contributed by atoms with E-state index in [9.17, 15) is 9.59 Å². The van der Waals surface area contributed by atoms with Crippen LogP contribution in [0.4, 0.5) is 0 Å². The number of benzene rings is 1. The highest BCUT2D eigenvalue weighted by atomic mass is 16.5. The van der Waals surface area contributed by atoms with Crippen LogP contribution >= 0.6 is 0 Å². The fourth-order valence-corrected chi connectivity index (χ4v) is 5.67. The minimum atomic E-state index is -0.0166. The van der Waals surface area contributed by atoms with E-state index in [4.69, 9.17) is 4.74 Å². The van der Waals surface area contributed by atoms with Crippen molar-refractivity contribution in [3.05, 3.63) is 29.8 Å². The summed E-state index contributed by atoms with van der Waals surface area (Å²) in [6.45, 7) is 5.98. The molecular formula is C25H37N3O3. The van der Waals surface area contributed by atoms with E-state index in [0.717, 1.165) is 45.3 Å². The van der Waals surface area contributed by atoms with Crippen molar-refractivity contribution >= 4 is 11.8 Å². The van der Waals surface area contributed by atoms with E-state index in [1.807, 2.05) is 23.1 Å². The Labute approximate surface area is 186 Å². The van der Waals surface area contributed by atoms with E-state index in [2.05, 4.69) is 16.7 Å². The zero-order valence-corrected chi connectivity index (χ0v) is 19.1. The number of rotatable bonds is 5. The van der Waals surface area contributed by atoms with Gasteiger partial charge in [0.1, 0.15) is 5.75 Å². The molecule has 6 nitrogen and oxygen atoms in total. The summed E-state index contributed by atoms with van der Waals surface area (Å²) in [6.07, 6.45) is 8.24. The second kappa shape index (κ2) is 10.0. The standard InChI is InChI=1S/C25H37N3O3/c1-19-8-5-6-13-28(19)25(30)23(20-9-3-4-10-20)26-14-16-27(17-15-26)24(29)21-11-7-12-22(18-21)31-2/h7,11-12,18-20,23H,3-6,8-10,13-17H2,1-2H3/t19-,23-/m0/s1. The molecule has 0 N–H and O–H groups in total. The third kappa shape index (κ3) is 4.89. The molecule has 0 aromatic heterocycles. The van der Waals surface area contributed by atoms with E-state index in [0.29, 0.717) is 42.3 Å². The van der Waals surface area contributed by atoms with Crippen molar-refractivity contribution in [2.24, 2.45) is 5.92 Å². The number of hydrogen-bond acceptors (Lipinski definition) is 4. The summed E-state index contributed by atoms with van der Waals surface area (Å²) in [5, 5.41) is 0. The Kier molecular flexibility index (Phi) is 7.16. The van der Waals surface area contributed by atoms with Gasteiger partial charge < -0.3 is 14.5 Å². The van der Waals surface area contributed by atoms with Crippen LogP contribution in [-0.4, -0.2) is 78.4 Å². The molecule has 3 aliphatic rings. The van der Waals surface area contributed by atoms with Crippen LogP contribution in [-0.2, 0) is 4.79 Å². The van der Waals surface area contributed by atoms with E-state index in [1.165, 1.54) is 19.3 Å². The Morgan fingerprint density at radius 1 is 0.968 bits per heavy atom. The first-order valence-electron chi connectivity index (χ1n) is 12.1. The number of nitrogens with zero attached hydrogens (tertiary/aromatic N) is 3. The van der Waals surface area contributed by atoms with Crippen molar-refractivity contribution in [3.8, 4) is 5.75 Å². The molecule has 2 amide bonds. The number of carbonyl (C=O) groups excluding carboxylic acids is 2. The topological polar surface area (TPSA) is 53.1 Å². The Balaban J connectivity index is 1.43.